The summed E-state index contributed by atoms with van der Waals surface area (Å²) in [6, 6.07) is 61.4. The zero-order valence-corrected chi connectivity index (χ0v) is 29.4. The lowest BCUT2D eigenvalue weighted by Gasteiger charge is -2.12. The molecule has 0 saturated heterocycles. The molecule has 12 rings (SSSR count). The summed E-state index contributed by atoms with van der Waals surface area (Å²) in [5.41, 5.74) is 12.0. The van der Waals surface area contributed by atoms with E-state index in [0.29, 0.717) is 11.4 Å². The Bertz CT molecular complexity index is 3480. The number of hydrogen-bond acceptors (Lipinski definition) is 4. The smallest absolute Gasteiger partial charge is 0.180 e. The predicted molar refractivity (Wildman–Crippen MR) is 225 cm³/mol. The van der Waals surface area contributed by atoms with Crippen LogP contribution in [0.1, 0.15) is 0 Å². The number of furan rings is 2. The quantitative estimate of drug-likeness (QED) is 0.183. The molecule has 0 bridgehead atoms. The molecular weight excluding hydrogens is 675 g/mol. The highest BCUT2D eigenvalue weighted by molar-refractivity contribution is 6.19. The Morgan fingerprint density at radius 1 is 0.418 bits per heavy atom. The molecular formula is C50H29N3O2. The van der Waals surface area contributed by atoms with E-state index in [-0.39, 0.29) is 0 Å². The minimum absolute atomic E-state index is 0.659. The fourth-order valence-electron chi connectivity index (χ4n) is 8.47. The summed E-state index contributed by atoms with van der Waals surface area (Å²) in [6.45, 7) is 0. The molecule has 8 aromatic carbocycles. The Hall–Kier alpha value is -7.50. The van der Waals surface area contributed by atoms with Crippen LogP contribution < -0.4 is 0 Å². The van der Waals surface area contributed by atoms with Crippen LogP contribution in [0.15, 0.2) is 185 Å². The Balaban J connectivity index is 1.13. The molecule has 4 aromatic heterocycles. The summed E-state index contributed by atoms with van der Waals surface area (Å²) in [5.74, 6) is 0.659. The summed E-state index contributed by atoms with van der Waals surface area (Å²) < 4.78 is 15.8. The number of hydrogen-bond donors (Lipinski definition) is 0. The zero-order chi connectivity index (χ0) is 36.0. The molecule has 5 heteroatoms. The van der Waals surface area contributed by atoms with Gasteiger partial charge in [-0.25, -0.2) is 9.97 Å². The molecule has 0 radical (unpaired) electrons. The minimum Gasteiger partial charge on any atom is -0.454 e. The van der Waals surface area contributed by atoms with Gasteiger partial charge in [-0.15, -0.1) is 0 Å². The molecule has 256 valence electrons. The highest BCUT2D eigenvalue weighted by atomic mass is 16.3. The molecule has 0 aliphatic heterocycles. The van der Waals surface area contributed by atoms with Crippen LogP contribution in [-0.2, 0) is 0 Å². The van der Waals surface area contributed by atoms with Gasteiger partial charge < -0.3 is 13.4 Å². The Morgan fingerprint density at radius 3 is 1.93 bits per heavy atom. The SMILES string of the molecule is c1ccc(-c2nc(-c3ccccc3)c3oc4ccc(-c5ccc(-n6c7ccccc7c7cc8ccccc8cc76)c6oc7ccccc7c56)cc4c3n2)cc1. The van der Waals surface area contributed by atoms with Gasteiger partial charge in [-0.2, -0.15) is 0 Å². The lowest BCUT2D eigenvalue weighted by atomic mass is 9.97. The lowest BCUT2D eigenvalue weighted by molar-refractivity contribution is 0.666. The van der Waals surface area contributed by atoms with Crippen LogP contribution in [0, 0.1) is 0 Å². The Kier molecular flexibility index (Phi) is 6.27. The summed E-state index contributed by atoms with van der Waals surface area (Å²) in [5, 5.41) is 7.92. The lowest BCUT2D eigenvalue weighted by Crippen LogP contribution is -1.95. The first kappa shape index (κ1) is 30.0. The largest absolute Gasteiger partial charge is 0.454 e. The topological polar surface area (TPSA) is 57.0 Å². The van der Waals surface area contributed by atoms with Gasteiger partial charge in [-0.3, -0.25) is 0 Å². The standard InChI is InChI=1S/C50H29N3O2/c1-3-13-30(14-4-1)46-49-47(52-50(51-46)31-15-5-2-6-16-31)39-28-34(23-26-44(39)55-49)35-24-25-41(48-45(35)37-20-10-12-22-43(37)54-48)53-40-21-11-9-19-36(40)38-27-32-17-7-8-18-33(32)29-42(38)53/h1-29H. The molecule has 0 aliphatic rings. The van der Waals surface area contributed by atoms with E-state index in [2.05, 4.69) is 126 Å². The van der Waals surface area contributed by atoms with E-state index in [1.165, 1.54) is 21.5 Å². The third-order valence-electron chi connectivity index (χ3n) is 11.0. The van der Waals surface area contributed by atoms with Crippen LogP contribution in [0.4, 0.5) is 0 Å². The molecule has 0 atom stereocenters. The van der Waals surface area contributed by atoms with Crippen molar-refractivity contribution in [2.75, 3.05) is 0 Å². The van der Waals surface area contributed by atoms with Crippen LogP contribution in [0.5, 0.6) is 0 Å². The maximum Gasteiger partial charge on any atom is 0.180 e. The summed E-state index contributed by atoms with van der Waals surface area (Å²) in [4.78, 5) is 10.2. The number of rotatable bonds is 4. The van der Waals surface area contributed by atoms with Crippen molar-refractivity contribution in [3.05, 3.63) is 176 Å². The first-order valence-electron chi connectivity index (χ1n) is 18.5. The van der Waals surface area contributed by atoms with E-state index in [0.717, 1.165) is 83.1 Å². The van der Waals surface area contributed by atoms with Gasteiger partial charge >= 0.3 is 0 Å². The van der Waals surface area contributed by atoms with Gasteiger partial charge in [0.1, 0.15) is 22.4 Å². The molecule has 55 heavy (non-hydrogen) atoms. The second-order valence-corrected chi connectivity index (χ2v) is 14.1. The average Bonchev–Trinajstić information content (AvgIpc) is 3.92. The number of benzene rings is 8. The van der Waals surface area contributed by atoms with Gasteiger partial charge in [0, 0.05) is 38.1 Å². The van der Waals surface area contributed by atoms with Gasteiger partial charge in [0.25, 0.3) is 0 Å². The van der Waals surface area contributed by atoms with Crippen LogP contribution in [0.25, 0.3) is 116 Å². The van der Waals surface area contributed by atoms with Gasteiger partial charge in [0.15, 0.2) is 17.0 Å². The van der Waals surface area contributed by atoms with E-state index in [4.69, 9.17) is 18.8 Å². The molecule has 0 aliphatic carbocycles. The molecule has 0 spiro atoms. The van der Waals surface area contributed by atoms with Crippen LogP contribution >= 0.6 is 0 Å². The highest BCUT2D eigenvalue weighted by Crippen LogP contribution is 2.44. The second kappa shape index (κ2) is 11.5. The van der Waals surface area contributed by atoms with Crippen molar-refractivity contribution >= 4 is 76.6 Å². The van der Waals surface area contributed by atoms with Crippen molar-refractivity contribution < 1.29 is 8.83 Å². The maximum atomic E-state index is 6.87. The van der Waals surface area contributed by atoms with Crippen molar-refractivity contribution in [2.45, 2.75) is 0 Å². The first-order valence-corrected chi connectivity index (χ1v) is 18.5. The third kappa shape index (κ3) is 4.47. The maximum absolute atomic E-state index is 6.87. The number of nitrogens with zero attached hydrogens (tertiary/aromatic N) is 3. The summed E-state index contributed by atoms with van der Waals surface area (Å²) in [6.07, 6.45) is 0. The van der Waals surface area contributed by atoms with E-state index in [1.807, 2.05) is 54.6 Å². The predicted octanol–water partition coefficient (Wildman–Crippen LogP) is 13.5. The van der Waals surface area contributed by atoms with Crippen molar-refractivity contribution in [2.24, 2.45) is 0 Å². The fourth-order valence-corrected chi connectivity index (χ4v) is 8.47. The fraction of sp³-hybridized carbons (Fsp3) is 0. The molecule has 0 N–H and O–H groups in total. The normalized spacial score (nSPS) is 12.0. The zero-order valence-electron chi connectivity index (χ0n) is 29.4. The van der Waals surface area contributed by atoms with E-state index in [1.54, 1.807) is 0 Å². The Morgan fingerprint density at radius 2 is 1.09 bits per heavy atom. The van der Waals surface area contributed by atoms with Gasteiger partial charge in [-0.1, -0.05) is 133 Å². The van der Waals surface area contributed by atoms with E-state index < -0.39 is 0 Å². The molecule has 0 saturated carbocycles. The number of para-hydroxylation sites is 2. The third-order valence-corrected chi connectivity index (χ3v) is 11.0. The van der Waals surface area contributed by atoms with Crippen LogP contribution in [0.2, 0.25) is 0 Å². The van der Waals surface area contributed by atoms with Crippen molar-refractivity contribution in [1.29, 1.82) is 0 Å². The minimum atomic E-state index is 0.659. The van der Waals surface area contributed by atoms with E-state index in [9.17, 15) is 0 Å². The van der Waals surface area contributed by atoms with Crippen molar-refractivity contribution in [3.8, 4) is 39.5 Å². The molecule has 4 heterocycles. The first-order chi connectivity index (χ1) is 27.3. The number of fused-ring (bicyclic) bond motifs is 10. The van der Waals surface area contributed by atoms with Crippen LogP contribution in [-0.4, -0.2) is 14.5 Å². The average molecular weight is 704 g/mol. The summed E-state index contributed by atoms with van der Waals surface area (Å²) in [7, 11) is 0. The van der Waals surface area contributed by atoms with Gasteiger partial charge in [-0.05, 0) is 64.4 Å². The second-order valence-electron chi connectivity index (χ2n) is 14.1. The van der Waals surface area contributed by atoms with E-state index >= 15 is 0 Å². The molecule has 5 nitrogen and oxygen atoms in total. The molecule has 0 amide bonds. The van der Waals surface area contributed by atoms with Crippen LogP contribution in [0.3, 0.4) is 0 Å². The molecule has 0 fully saturated rings. The number of aromatic nitrogens is 3. The van der Waals surface area contributed by atoms with Crippen molar-refractivity contribution in [1.82, 2.24) is 14.5 Å². The van der Waals surface area contributed by atoms with Gasteiger partial charge in [0.05, 0.1) is 16.7 Å². The Labute approximate surface area is 314 Å². The molecule has 12 aromatic rings. The summed E-state index contributed by atoms with van der Waals surface area (Å²) >= 11 is 0. The molecule has 0 unspecified atom stereocenters. The van der Waals surface area contributed by atoms with Gasteiger partial charge in [0.2, 0.25) is 0 Å². The van der Waals surface area contributed by atoms with Crippen molar-refractivity contribution in [3.63, 3.8) is 0 Å². The monoisotopic (exact) mass is 703 g/mol. The highest BCUT2D eigenvalue weighted by Gasteiger charge is 2.23.